The number of hydrogen-bond acceptors (Lipinski definition) is 1. The van der Waals surface area contributed by atoms with E-state index in [1.54, 1.807) is 6.07 Å². The zero-order valence-electron chi connectivity index (χ0n) is 9.77. The summed E-state index contributed by atoms with van der Waals surface area (Å²) in [5.41, 5.74) is 3.79. The summed E-state index contributed by atoms with van der Waals surface area (Å²) in [6, 6.07) is 12.4. The summed E-state index contributed by atoms with van der Waals surface area (Å²) in [4.78, 5) is 3.14. The molecule has 0 aliphatic carbocycles. The fraction of sp³-hybridized carbons (Fsp3) is 0.0714. The van der Waals surface area contributed by atoms with Gasteiger partial charge in [0, 0.05) is 0 Å². The van der Waals surface area contributed by atoms with E-state index in [-0.39, 0.29) is 5.82 Å². The van der Waals surface area contributed by atoms with Crippen LogP contribution in [-0.2, 0) is 0 Å². The van der Waals surface area contributed by atoms with Gasteiger partial charge in [-0.15, -0.1) is 0 Å². The maximum absolute atomic E-state index is 13.3. The van der Waals surface area contributed by atoms with Gasteiger partial charge in [-0.05, 0) is 49.0 Å². The molecule has 3 rings (SSSR count). The van der Waals surface area contributed by atoms with E-state index in [4.69, 9.17) is 12.2 Å². The molecule has 0 spiro atoms. The number of fused-ring (bicyclic) bond motifs is 1. The molecule has 0 saturated heterocycles. The lowest BCUT2D eigenvalue weighted by atomic mass is 10.2. The predicted molar refractivity (Wildman–Crippen MR) is 73.2 cm³/mol. The Labute approximate surface area is 109 Å². The first-order valence-corrected chi connectivity index (χ1v) is 6.04. The molecule has 0 saturated carbocycles. The Balaban J connectivity index is 2.42. The van der Waals surface area contributed by atoms with Gasteiger partial charge in [-0.3, -0.25) is 4.57 Å². The number of aryl methyl sites for hydroxylation is 1. The molecule has 4 heteroatoms. The molecule has 1 N–H and O–H groups in total. The van der Waals surface area contributed by atoms with Crippen LogP contribution in [0.4, 0.5) is 4.39 Å². The highest BCUT2D eigenvalue weighted by Crippen LogP contribution is 2.22. The number of benzene rings is 2. The fourth-order valence-electron chi connectivity index (χ4n) is 2.19. The van der Waals surface area contributed by atoms with Crippen LogP contribution < -0.4 is 0 Å². The first kappa shape index (κ1) is 11.2. The van der Waals surface area contributed by atoms with Crippen LogP contribution in [0, 0.1) is 17.5 Å². The summed E-state index contributed by atoms with van der Waals surface area (Å²) in [7, 11) is 0. The molecule has 90 valence electrons. The van der Waals surface area contributed by atoms with Gasteiger partial charge in [-0.1, -0.05) is 18.2 Å². The van der Waals surface area contributed by atoms with E-state index in [0.29, 0.717) is 4.77 Å². The van der Waals surface area contributed by atoms with Crippen molar-refractivity contribution in [1.82, 2.24) is 9.55 Å². The minimum absolute atomic E-state index is 0.266. The Hall–Kier alpha value is -1.94. The second kappa shape index (κ2) is 4.07. The second-order valence-corrected chi connectivity index (χ2v) is 4.60. The summed E-state index contributed by atoms with van der Waals surface area (Å²) in [6.45, 7) is 2.01. The molecule has 2 nitrogen and oxygen atoms in total. The van der Waals surface area contributed by atoms with Crippen molar-refractivity contribution in [1.29, 1.82) is 0 Å². The topological polar surface area (TPSA) is 20.7 Å². The Kier molecular flexibility index (Phi) is 2.52. The third-order valence-electron chi connectivity index (χ3n) is 2.97. The molecule has 2 aromatic carbocycles. The highest BCUT2D eigenvalue weighted by Gasteiger charge is 2.08. The number of rotatable bonds is 1. The maximum Gasteiger partial charge on any atom is 0.182 e. The molecule has 1 heterocycles. The lowest BCUT2D eigenvalue weighted by Gasteiger charge is -2.06. The van der Waals surface area contributed by atoms with Crippen LogP contribution in [0.3, 0.4) is 0 Å². The average Bonchev–Trinajstić information content (AvgIpc) is 2.67. The molecule has 1 aromatic heterocycles. The van der Waals surface area contributed by atoms with Crippen LogP contribution in [0.15, 0.2) is 42.5 Å². The van der Waals surface area contributed by atoms with Crippen molar-refractivity contribution in [2.45, 2.75) is 6.92 Å². The molecule has 0 fully saturated rings. The second-order valence-electron chi connectivity index (χ2n) is 4.22. The lowest BCUT2D eigenvalue weighted by molar-refractivity contribution is 0.626. The van der Waals surface area contributed by atoms with Crippen molar-refractivity contribution in [2.75, 3.05) is 0 Å². The molecule has 0 aliphatic rings. The van der Waals surface area contributed by atoms with Crippen LogP contribution in [0.2, 0.25) is 0 Å². The number of hydrogen-bond donors (Lipinski definition) is 1. The monoisotopic (exact) mass is 258 g/mol. The molecule has 0 unspecified atom stereocenters. The normalized spacial score (nSPS) is 11.0. The number of imidazole rings is 1. The minimum Gasteiger partial charge on any atom is -0.330 e. The molecule has 3 aromatic rings. The number of para-hydroxylation sites is 1. The Bertz CT molecular complexity index is 786. The lowest BCUT2D eigenvalue weighted by Crippen LogP contribution is -1.95. The van der Waals surface area contributed by atoms with Gasteiger partial charge in [0.2, 0.25) is 0 Å². The number of nitrogens with one attached hydrogen (secondary N) is 1. The number of aromatic amines is 1. The van der Waals surface area contributed by atoms with Gasteiger partial charge in [0.05, 0.1) is 16.7 Å². The molecular weight excluding hydrogens is 247 g/mol. The van der Waals surface area contributed by atoms with Gasteiger partial charge in [-0.25, -0.2) is 4.39 Å². The van der Waals surface area contributed by atoms with Crippen LogP contribution in [0.25, 0.3) is 16.7 Å². The third-order valence-corrected chi connectivity index (χ3v) is 3.26. The SMILES string of the molecule is Cc1cccc2[nH]c(=S)n(-c3cccc(F)c3)c12. The number of H-pyrrole nitrogens is 1. The first-order valence-electron chi connectivity index (χ1n) is 5.63. The number of halogens is 1. The van der Waals surface area contributed by atoms with Crippen molar-refractivity contribution >= 4 is 23.3 Å². The van der Waals surface area contributed by atoms with Gasteiger partial charge in [0.15, 0.2) is 4.77 Å². The smallest absolute Gasteiger partial charge is 0.182 e. The van der Waals surface area contributed by atoms with E-state index in [0.717, 1.165) is 22.3 Å². The quantitative estimate of drug-likeness (QED) is 0.651. The summed E-state index contributed by atoms with van der Waals surface area (Å²) in [5, 5.41) is 0. The van der Waals surface area contributed by atoms with Gasteiger partial charge >= 0.3 is 0 Å². The summed E-state index contributed by atoms with van der Waals surface area (Å²) in [5.74, 6) is -0.266. The van der Waals surface area contributed by atoms with Gasteiger partial charge in [0.25, 0.3) is 0 Å². The van der Waals surface area contributed by atoms with Gasteiger partial charge < -0.3 is 4.98 Å². The standard InChI is InChI=1S/C14H11FN2S/c1-9-4-2-7-12-13(9)17(14(18)16-12)11-6-3-5-10(15)8-11/h2-8H,1H3,(H,16,18). The molecule has 18 heavy (non-hydrogen) atoms. The van der Waals surface area contributed by atoms with E-state index in [1.165, 1.54) is 12.1 Å². The van der Waals surface area contributed by atoms with Gasteiger partial charge in [-0.2, -0.15) is 0 Å². The molecule has 0 aliphatic heterocycles. The van der Waals surface area contributed by atoms with Crippen molar-refractivity contribution < 1.29 is 4.39 Å². The van der Waals surface area contributed by atoms with Crippen molar-refractivity contribution in [3.8, 4) is 5.69 Å². The zero-order chi connectivity index (χ0) is 12.7. The summed E-state index contributed by atoms with van der Waals surface area (Å²) >= 11 is 5.32. The van der Waals surface area contributed by atoms with E-state index < -0.39 is 0 Å². The highest BCUT2D eigenvalue weighted by molar-refractivity contribution is 7.71. The molecule has 0 amide bonds. The maximum atomic E-state index is 13.3. The van der Waals surface area contributed by atoms with E-state index >= 15 is 0 Å². The Morgan fingerprint density at radius 2 is 1.94 bits per heavy atom. The third kappa shape index (κ3) is 1.66. The Morgan fingerprint density at radius 3 is 2.72 bits per heavy atom. The van der Waals surface area contributed by atoms with Gasteiger partial charge in [0.1, 0.15) is 5.82 Å². The molecule has 0 radical (unpaired) electrons. The summed E-state index contributed by atoms with van der Waals surface area (Å²) < 4.78 is 15.8. The van der Waals surface area contributed by atoms with Crippen molar-refractivity contribution in [2.24, 2.45) is 0 Å². The average molecular weight is 258 g/mol. The molecule has 0 atom stereocenters. The number of nitrogens with zero attached hydrogens (tertiary/aromatic N) is 1. The van der Waals surface area contributed by atoms with Crippen LogP contribution in [0.1, 0.15) is 5.56 Å². The first-order chi connectivity index (χ1) is 8.66. The fourth-order valence-corrected chi connectivity index (χ4v) is 2.50. The number of aromatic nitrogens is 2. The molecule has 0 bridgehead atoms. The van der Waals surface area contributed by atoms with E-state index in [2.05, 4.69) is 4.98 Å². The largest absolute Gasteiger partial charge is 0.330 e. The van der Waals surface area contributed by atoms with Crippen molar-refractivity contribution in [3.05, 3.63) is 58.6 Å². The molecular formula is C14H11FN2S. The minimum atomic E-state index is -0.266. The van der Waals surface area contributed by atoms with Crippen LogP contribution in [-0.4, -0.2) is 9.55 Å². The van der Waals surface area contributed by atoms with Crippen molar-refractivity contribution in [3.63, 3.8) is 0 Å². The zero-order valence-corrected chi connectivity index (χ0v) is 10.6. The van der Waals surface area contributed by atoms with E-state index in [1.807, 2.05) is 35.8 Å². The predicted octanol–water partition coefficient (Wildman–Crippen LogP) is 4.14. The highest BCUT2D eigenvalue weighted by atomic mass is 32.1. The van der Waals surface area contributed by atoms with Crippen LogP contribution in [0.5, 0.6) is 0 Å². The van der Waals surface area contributed by atoms with Crippen LogP contribution >= 0.6 is 12.2 Å². The Morgan fingerprint density at radius 1 is 1.17 bits per heavy atom. The van der Waals surface area contributed by atoms with E-state index in [9.17, 15) is 4.39 Å². The summed E-state index contributed by atoms with van der Waals surface area (Å²) in [6.07, 6.45) is 0.